The first-order valence-electron chi connectivity index (χ1n) is 47.5. The van der Waals surface area contributed by atoms with Crippen LogP contribution in [-0.4, -0.2) is 18.3 Å². The van der Waals surface area contributed by atoms with Crippen molar-refractivity contribution in [3.8, 4) is 56.1 Å². The fraction of sp³-hybridized carbons (Fsp3) is 0.0229. The van der Waals surface area contributed by atoms with Crippen molar-refractivity contribution >= 4 is 160 Å². The molecule has 0 saturated heterocycles. The minimum absolute atomic E-state index is 0.201. The van der Waals surface area contributed by atoms with Crippen LogP contribution in [0.25, 0.3) is 165 Å². The maximum Gasteiger partial charge on any atom is 0.0620 e. The molecule has 0 fully saturated rings. The van der Waals surface area contributed by atoms with Crippen molar-refractivity contribution in [2.45, 2.75) is 19.3 Å². The van der Waals surface area contributed by atoms with E-state index in [9.17, 15) is 0 Å². The van der Waals surface area contributed by atoms with Crippen molar-refractivity contribution in [2.24, 2.45) is 0 Å². The average molecular weight is 1770 g/mol. The smallest absolute Gasteiger partial charge is 0.0620 e. The quantitative estimate of drug-likeness (QED) is 0.109. The summed E-state index contributed by atoms with van der Waals surface area (Å²) in [6.45, 7) is 4.70. The summed E-state index contributed by atoms with van der Waals surface area (Å²) in [5, 5.41) is 15.0. The first kappa shape index (κ1) is 81.9. The molecule has 7 heteroatoms. The lowest BCUT2D eigenvalue weighted by Crippen LogP contribution is -2.30. The zero-order valence-electron chi connectivity index (χ0n) is 76.4. The highest BCUT2D eigenvalue weighted by atomic mass is 15.2. The Hall–Kier alpha value is -18.0. The van der Waals surface area contributed by atoms with Crippen LogP contribution in [0.5, 0.6) is 0 Å². The highest BCUT2D eigenvalue weighted by Crippen LogP contribution is 2.55. The first-order valence-corrected chi connectivity index (χ1v) is 47.5. The number of nitrogens with zero attached hydrogens (tertiary/aromatic N) is 7. The summed E-state index contributed by atoms with van der Waals surface area (Å²) in [6, 6.07) is 191. The van der Waals surface area contributed by atoms with Crippen LogP contribution in [0.4, 0.5) is 51.2 Å². The third-order valence-electron chi connectivity index (χ3n) is 28.0. The van der Waals surface area contributed by atoms with E-state index in [1.165, 1.54) is 182 Å². The van der Waals surface area contributed by atoms with Crippen molar-refractivity contribution in [2.75, 3.05) is 14.7 Å². The van der Waals surface area contributed by atoms with Crippen molar-refractivity contribution < 1.29 is 0 Å². The molecule has 0 radical (unpaired) electrons. The molecule has 138 heavy (non-hydrogen) atoms. The van der Waals surface area contributed by atoms with Gasteiger partial charge < -0.3 is 33.0 Å². The molecule has 0 bridgehead atoms. The van der Waals surface area contributed by atoms with Gasteiger partial charge in [-0.15, -0.1) is 0 Å². The molecule has 0 unspecified atom stereocenters. The van der Waals surface area contributed by atoms with Gasteiger partial charge in [0.05, 0.1) is 61.2 Å². The maximum atomic E-state index is 2.46. The summed E-state index contributed by atoms with van der Waals surface area (Å²) >= 11 is 0. The normalized spacial score (nSPS) is 12.2. The lowest BCUT2D eigenvalue weighted by atomic mass is 9.73. The molecule has 26 aromatic rings. The van der Waals surface area contributed by atoms with E-state index >= 15 is 0 Å². The Morgan fingerprint density at radius 3 is 1.13 bits per heavy atom. The molecule has 22 aromatic carbocycles. The predicted octanol–water partition coefficient (Wildman–Crippen LogP) is 35.8. The highest BCUT2D eigenvalue weighted by molar-refractivity contribution is 6.21. The van der Waals surface area contributed by atoms with Gasteiger partial charge in [0.15, 0.2) is 0 Å². The third kappa shape index (κ3) is 14.3. The van der Waals surface area contributed by atoms with E-state index in [4.69, 9.17) is 0 Å². The summed E-state index contributed by atoms with van der Waals surface area (Å²) < 4.78 is 9.68. The molecule has 7 nitrogen and oxygen atoms in total. The van der Waals surface area contributed by atoms with Crippen LogP contribution >= 0.6 is 0 Å². The van der Waals surface area contributed by atoms with Crippen LogP contribution in [0.1, 0.15) is 25.0 Å². The molecule has 0 N–H and O–H groups in total. The summed E-state index contributed by atoms with van der Waals surface area (Å²) in [7, 11) is 0. The second kappa shape index (κ2) is 34.5. The number of para-hydroxylation sites is 10. The highest BCUT2D eigenvalue weighted by Gasteiger charge is 2.38. The Bertz CT molecular complexity index is 8940. The number of anilines is 9. The van der Waals surface area contributed by atoms with Crippen LogP contribution in [-0.2, 0) is 5.41 Å². The molecular formula is C131H93N7. The van der Waals surface area contributed by atoms with Gasteiger partial charge in [0.1, 0.15) is 0 Å². The molecule has 1 aliphatic rings. The number of rotatable bonds is 14. The standard InChI is InChI=1S/C45H36N2.C44H30N2.C42H27N3/c1-45(2)41-20-12-13-21-43(41)47(37-18-10-5-11-19-37)44-31-30-40(32-42(44)45)46(38-26-22-35(23-27-38)33-14-6-3-7-15-33)39-28-24-36(25-29-39)34-16-8-4-9-17-34;1-3-13-36(14-4-1)45(38-25-21-32(22-26-38)35-20-19-31-11-7-8-12-34(31)29-35)39-27-23-33-24-28-41-40-17-9-10-18-43(40)46(44(41)42(33)30-39)37-15-5-2-6-16-37;1-2-13-28(14-3-1)43-38-22-11-7-18-33(38)42-40(43)23-12-24-41(42)45-37-21-10-6-17-32(37)34-27-29(25-26-39(34)45)44-35-19-8-4-15-30(35)31-16-5-9-20-36(31)44/h3-32H,1-2H3;1-30H;1-27H. The van der Waals surface area contributed by atoms with E-state index in [2.05, 4.69) is 575 Å². The van der Waals surface area contributed by atoms with Gasteiger partial charge in [-0.25, -0.2) is 0 Å². The van der Waals surface area contributed by atoms with E-state index < -0.39 is 0 Å². The van der Waals surface area contributed by atoms with Crippen molar-refractivity contribution in [3.63, 3.8) is 0 Å². The third-order valence-corrected chi connectivity index (χ3v) is 28.0. The summed E-state index contributed by atoms with van der Waals surface area (Å²) in [5.41, 5.74) is 34.4. The summed E-state index contributed by atoms with van der Waals surface area (Å²) in [5.74, 6) is 0. The Morgan fingerprint density at radius 1 is 0.174 bits per heavy atom. The molecule has 652 valence electrons. The lowest BCUT2D eigenvalue weighted by Gasteiger charge is -2.42. The second-order valence-corrected chi connectivity index (χ2v) is 36.3. The molecule has 0 spiro atoms. The van der Waals surface area contributed by atoms with Crippen molar-refractivity contribution in [1.82, 2.24) is 18.3 Å². The number of hydrogen-bond acceptors (Lipinski definition) is 3. The predicted molar refractivity (Wildman–Crippen MR) is 584 cm³/mol. The molecular weight excluding hydrogens is 1670 g/mol. The maximum absolute atomic E-state index is 2.46. The lowest BCUT2D eigenvalue weighted by molar-refractivity contribution is 0.632. The Morgan fingerprint density at radius 2 is 0.543 bits per heavy atom. The van der Waals surface area contributed by atoms with Gasteiger partial charge >= 0.3 is 0 Å². The van der Waals surface area contributed by atoms with E-state index in [0.717, 1.165) is 45.5 Å². The van der Waals surface area contributed by atoms with Crippen LogP contribution in [0, 0.1) is 0 Å². The zero-order valence-corrected chi connectivity index (χ0v) is 76.4. The van der Waals surface area contributed by atoms with Crippen LogP contribution in [0.2, 0.25) is 0 Å². The Balaban J connectivity index is 0.000000110. The average Bonchev–Trinajstić information content (AvgIpc) is 0.889. The number of aromatic nitrogens is 4. The van der Waals surface area contributed by atoms with Crippen molar-refractivity contribution in [1.29, 1.82) is 0 Å². The molecule has 0 amide bonds. The molecule has 0 saturated carbocycles. The number of benzene rings is 22. The Labute approximate surface area is 801 Å². The number of hydrogen-bond donors (Lipinski definition) is 0. The monoisotopic (exact) mass is 1760 g/mol. The molecule has 5 heterocycles. The van der Waals surface area contributed by atoms with Crippen LogP contribution < -0.4 is 14.7 Å². The van der Waals surface area contributed by atoms with Gasteiger partial charge in [-0.1, -0.05) is 354 Å². The van der Waals surface area contributed by atoms with E-state index in [1.807, 2.05) is 0 Å². The van der Waals surface area contributed by atoms with Crippen molar-refractivity contribution in [3.05, 3.63) is 539 Å². The fourth-order valence-corrected chi connectivity index (χ4v) is 21.5. The molecule has 4 aromatic heterocycles. The molecule has 0 aliphatic carbocycles. The minimum Gasteiger partial charge on any atom is -0.310 e. The molecule has 27 rings (SSSR count). The van der Waals surface area contributed by atoms with Gasteiger partial charge in [-0.2, -0.15) is 0 Å². The molecule has 1 aliphatic heterocycles. The summed E-state index contributed by atoms with van der Waals surface area (Å²) in [4.78, 5) is 7.15. The van der Waals surface area contributed by atoms with Gasteiger partial charge in [-0.3, -0.25) is 0 Å². The van der Waals surface area contributed by atoms with Gasteiger partial charge in [0.25, 0.3) is 0 Å². The SMILES string of the molecule is CC1(C)c2ccccc2N(c2ccccc2)c2ccc(N(c3ccc(-c4ccccc4)cc3)c3ccc(-c4ccccc4)cc3)cc21.c1ccc(-n2c3ccccc3c3c(-n4c5ccccc5c5cc(-n6c7ccccc7c7ccccc76)ccc54)cccc32)cc1.c1ccc(N(c2ccc(-c3ccc4ccccc4c3)cc2)c2ccc3ccc4c5ccccc5n(-c5ccccc5)c4c3c2)cc1. The first-order chi connectivity index (χ1) is 68.3. The van der Waals surface area contributed by atoms with Gasteiger partial charge in [0, 0.05) is 111 Å². The topological polar surface area (TPSA) is 29.4 Å². The van der Waals surface area contributed by atoms with E-state index in [0.29, 0.717) is 0 Å². The van der Waals surface area contributed by atoms with Gasteiger partial charge in [-0.05, 0) is 249 Å². The van der Waals surface area contributed by atoms with Gasteiger partial charge in [0.2, 0.25) is 0 Å². The second-order valence-electron chi connectivity index (χ2n) is 36.3. The fourth-order valence-electron chi connectivity index (χ4n) is 21.5. The Kier molecular flexibility index (Phi) is 20.5. The number of fused-ring (bicyclic) bond motifs is 17. The zero-order chi connectivity index (χ0) is 91.7. The van der Waals surface area contributed by atoms with E-state index in [1.54, 1.807) is 0 Å². The summed E-state index contributed by atoms with van der Waals surface area (Å²) in [6.07, 6.45) is 0. The van der Waals surface area contributed by atoms with Crippen LogP contribution in [0.3, 0.4) is 0 Å². The largest absolute Gasteiger partial charge is 0.310 e. The molecule has 0 atom stereocenters. The van der Waals surface area contributed by atoms with Crippen LogP contribution in [0.15, 0.2) is 528 Å². The van der Waals surface area contributed by atoms with E-state index in [-0.39, 0.29) is 5.41 Å². The minimum atomic E-state index is -0.201.